The first-order chi connectivity index (χ1) is 9.24. The summed E-state index contributed by atoms with van der Waals surface area (Å²) in [5.74, 6) is -2.31. The molecule has 0 aliphatic heterocycles. The van der Waals surface area contributed by atoms with Crippen molar-refractivity contribution in [3.63, 3.8) is 0 Å². The van der Waals surface area contributed by atoms with Gasteiger partial charge in [0, 0.05) is 13.6 Å². The normalized spacial score (nSPS) is 18.6. The molecule has 0 spiro atoms. The monoisotopic (exact) mass is 305 g/mol. The predicted octanol–water partition coefficient (Wildman–Crippen LogP) is 1.89. The average molecular weight is 305 g/mol. The Morgan fingerprint density at radius 1 is 1.25 bits per heavy atom. The van der Waals surface area contributed by atoms with E-state index in [0.29, 0.717) is 18.9 Å². The Balaban J connectivity index is 2.22. The number of sulfonamides is 1. The first kappa shape index (κ1) is 15.3. The quantitative estimate of drug-likeness (QED) is 0.924. The molecule has 7 heteroatoms. The van der Waals surface area contributed by atoms with Crippen LogP contribution in [0.1, 0.15) is 25.7 Å². The van der Waals surface area contributed by atoms with Crippen molar-refractivity contribution in [1.82, 2.24) is 4.31 Å². The molecule has 1 fully saturated rings. The summed E-state index contributed by atoms with van der Waals surface area (Å²) < 4.78 is 51.5. The minimum atomic E-state index is -3.94. The maximum atomic E-state index is 13.1. The van der Waals surface area contributed by atoms with Gasteiger partial charge in [-0.1, -0.05) is 12.8 Å². The molecule has 1 saturated carbocycles. The summed E-state index contributed by atoms with van der Waals surface area (Å²) in [5, 5.41) is 10.2. The zero-order chi connectivity index (χ0) is 15.0. The van der Waals surface area contributed by atoms with Gasteiger partial charge < -0.3 is 5.11 Å². The van der Waals surface area contributed by atoms with Crippen LogP contribution in [0.3, 0.4) is 0 Å². The molecule has 1 aliphatic rings. The molecule has 0 unspecified atom stereocenters. The van der Waals surface area contributed by atoms with Gasteiger partial charge >= 0.3 is 0 Å². The van der Waals surface area contributed by atoms with Crippen LogP contribution in [-0.4, -0.2) is 37.0 Å². The van der Waals surface area contributed by atoms with Crippen molar-refractivity contribution < 1.29 is 22.3 Å². The number of likely N-dealkylation sites (N-methyl/N-ethyl adjacent to an activating group) is 1. The van der Waals surface area contributed by atoms with E-state index in [9.17, 15) is 22.3 Å². The highest BCUT2D eigenvalue weighted by Gasteiger charge is 2.35. The number of hydrogen-bond donors (Lipinski definition) is 1. The van der Waals surface area contributed by atoms with Gasteiger partial charge in [0.1, 0.15) is 0 Å². The third-order valence-electron chi connectivity index (χ3n) is 3.65. The van der Waals surface area contributed by atoms with Crippen molar-refractivity contribution in [3.8, 4) is 0 Å². The number of aliphatic hydroxyl groups is 1. The molecule has 0 saturated heterocycles. The maximum absolute atomic E-state index is 13.1. The van der Waals surface area contributed by atoms with E-state index in [-0.39, 0.29) is 11.4 Å². The molecule has 2 rings (SSSR count). The fraction of sp³-hybridized carbons (Fsp3) is 0.538. The van der Waals surface area contributed by atoms with Crippen LogP contribution in [0.15, 0.2) is 23.1 Å². The Hall–Kier alpha value is -1.05. The fourth-order valence-corrected chi connectivity index (χ4v) is 3.77. The molecule has 0 atom stereocenters. The van der Waals surface area contributed by atoms with Gasteiger partial charge in [-0.3, -0.25) is 0 Å². The van der Waals surface area contributed by atoms with Gasteiger partial charge in [-0.2, -0.15) is 4.31 Å². The van der Waals surface area contributed by atoms with Crippen LogP contribution in [-0.2, 0) is 10.0 Å². The minimum Gasteiger partial charge on any atom is -0.389 e. The summed E-state index contributed by atoms with van der Waals surface area (Å²) in [5.41, 5.74) is -1.03. The number of benzene rings is 1. The summed E-state index contributed by atoms with van der Waals surface area (Å²) in [7, 11) is -2.61. The zero-order valence-electron chi connectivity index (χ0n) is 11.1. The van der Waals surface area contributed by atoms with E-state index < -0.39 is 27.3 Å². The van der Waals surface area contributed by atoms with Crippen LogP contribution in [0, 0.1) is 11.6 Å². The van der Waals surface area contributed by atoms with Gasteiger partial charge in [0.25, 0.3) is 0 Å². The Bertz CT molecular complexity index is 598. The summed E-state index contributed by atoms with van der Waals surface area (Å²) in [6, 6.07) is 2.45. The van der Waals surface area contributed by atoms with Crippen LogP contribution >= 0.6 is 0 Å². The Morgan fingerprint density at radius 3 is 2.40 bits per heavy atom. The van der Waals surface area contributed by atoms with Crippen LogP contribution in [0.2, 0.25) is 0 Å². The molecule has 1 aromatic rings. The maximum Gasteiger partial charge on any atom is 0.243 e. The van der Waals surface area contributed by atoms with E-state index in [4.69, 9.17) is 0 Å². The number of nitrogens with zero attached hydrogens (tertiary/aromatic N) is 1. The van der Waals surface area contributed by atoms with Crippen molar-refractivity contribution in [2.75, 3.05) is 13.6 Å². The second-order valence-corrected chi connectivity index (χ2v) is 7.31. The molecule has 0 aromatic heterocycles. The second-order valence-electron chi connectivity index (χ2n) is 5.27. The lowest BCUT2D eigenvalue weighted by Crippen LogP contribution is -2.42. The predicted molar refractivity (Wildman–Crippen MR) is 69.6 cm³/mol. The molecular weight excluding hydrogens is 288 g/mol. The molecule has 1 N–H and O–H groups in total. The summed E-state index contributed by atoms with van der Waals surface area (Å²) in [6.07, 6.45) is 2.81. The Labute approximate surface area is 117 Å². The standard InChI is InChI=1S/C13H17F2NO3S/c1-16(9-13(17)6-2-3-7-13)20(18,19)10-4-5-11(14)12(15)8-10/h4-5,8,17H,2-3,6-7,9H2,1H3. The third kappa shape index (κ3) is 2.99. The van der Waals surface area contributed by atoms with Gasteiger partial charge in [-0.05, 0) is 31.0 Å². The smallest absolute Gasteiger partial charge is 0.243 e. The third-order valence-corrected chi connectivity index (χ3v) is 5.45. The van der Waals surface area contributed by atoms with Gasteiger partial charge in [0.15, 0.2) is 11.6 Å². The van der Waals surface area contributed by atoms with E-state index >= 15 is 0 Å². The van der Waals surface area contributed by atoms with Crippen LogP contribution < -0.4 is 0 Å². The molecule has 0 bridgehead atoms. The lowest BCUT2D eigenvalue weighted by atomic mass is 10.0. The van der Waals surface area contributed by atoms with Crippen LogP contribution in [0.4, 0.5) is 8.78 Å². The first-order valence-corrected chi connectivity index (χ1v) is 7.82. The second kappa shape index (κ2) is 5.38. The topological polar surface area (TPSA) is 57.6 Å². The highest BCUT2D eigenvalue weighted by molar-refractivity contribution is 7.89. The van der Waals surface area contributed by atoms with E-state index in [1.54, 1.807) is 0 Å². The average Bonchev–Trinajstić information content (AvgIpc) is 2.79. The fourth-order valence-electron chi connectivity index (χ4n) is 2.51. The van der Waals surface area contributed by atoms with Crippen LogP contribution in [0.5, 0.6) is 0 Å². The molecule has 0 amide bonds. The van der Waals surface area contributed by atoms with Gasteiger partial charge in [0.2, 0.25) is 10.0 Å². The number of rotatable bonds is 4. The SMILES string of the molecule is CN(CC1(O)CCCC1)S(=O)(=O)c1ccc(F)c(F)c1. The molecule has 1 aliphatic carbocycles. The molecule has 4 nitrogen and oxygen atoms in total. The van der Waals surface area contributed by atoms with E-state index in [2.05, 4.69) is 0 Å². The number of hydrogen-bond acceptors (Lipinski definition) is 3. The van der Waals surface area contributed by atoms with Crippen LogP contribution in [0.25, 0.3) is 0 Å². The van der Waals surface area contributed by atoms with Crippen molar-refractivity contribution in [2.45, 2.75) is 36.2 Å². The lowest BCUT2D eigenvalue weighted by Gasteiger charge is -2.28. The van der Waals surface area contributed by atoms with Gasteiger partial charge in [0.05, 0.1) is 10.5 Å². The minimum absolute atomic E-state index is 0.0473. The molecule has 112 valence electrons. The largest absolute Gasteiger partial charge is 0.389 e. The van der Waals surface area contributed by atoms with Gasteiger partial charge in [-0.15, -0.1) is 0 Å². The van der Waals surface area contributed by atoms with Gasteiger partial charge in [-0.25, -0.2) is 17.2 Å². The molecule has 0 radical (unpaired) electrons. The van der Waals surface area contributed by atoms with E-state index in [1.807, 2.05) is 0 Å². The number of halogens is 2. The zero-order valence-corrected chi connectivity index (χ0v) is 12.0. The Morgan fingerprint density at radius 2 is 1.85 bits per heavy atom. The molecule has 20 heavy (non-hydrogen) atoms. The Kier molecular flexibility index (Phi) is 4.13. The summed E-state index contributed by atoms with van der Waals surface area (Å²) >= 11 is 0. The summed E-state index contributed by atoms with van der Waals surface area (Å²) in [4.78, 5) is -0.319. The highest BCUT2D eigenvalue weighted by Crippen LogP contribution is 2.31. The first-order valence-electron chi connectivity index (χ1n) is 6.38. The molecule has 1 aromatic carbocycles. The van der Waals surface area contributed by atoms with E-state index in [0.717, 1.165) is 29.3 Å². The molecule has 0 heterocycles. The van der Waals surface area contributed by atoms with Crippen molar-refractivity contribution in [2.24, 2.45) is 0 Å². The van der Waals surface area contributed by atoms with Crippen molar-refractivity contribution >= 4 is 10.0 Å². The lowest BCUT2D eigenvalue weighted by molar-refractivity contribution is 0.0333. The van der Waals surface area contributed by atoms with Crippen molar-refractivity contribution in [3.05, 3.63) is 29.8 Å². The van der Waals surface area contributed by atoms with Crippen molar-refractivity contribution in [1.29, 1.82) is 0 Å². The summed E-state index contributed by atoms with van der Waals surface area (Å²) in [6.45, 7) is -0.0473. The highest BCUT2D eigenvalue weighted by atomic mass is 32.2. The van der Waals surface area contributed by atoms with E-state index in [1.165, 1.54) is 7.05 Å². The molecular formula is C13H17F2NO3S.